The zero-order valence-corrected chi connectivity index (χ0v) is 12.4. The van der Waals surface area contributed by atoms with Crippen LogP contribution in [0.25, 0.3) is 10.8 Å². The van der Waals surface area contributed by atoms with Crippen LogP contribution in [0.2, 0.25) is 0 Å². The summed E-state index contributed by atoms with van der Waals surface area (Å²) in [6.45, 7) is 2.76. The Bertz CT molecular complexity index is 762. The molecule has 0 aliphatic rings. The summed E-state index contributed by atoms with van der Waals surface area (Å²) < 4.78 is 0. The van der Waals surface area contributed by atoms with Gasteiger partial charge in [-0.05, 0) is 35.9 Å². The summed E-state index contributed by atoms with van der Waals surface area (Å²) in [6, 6.07) is 20.3. The standard InChI is InChI=1S/C19H19NO/c1-14-7-10-16(11-8-14)20(2)13-18-17-6-4-3-5-15(17)9-12-19(18)21/h3-12,21H,13H2,1-2H3. The van der Waals surface area contributed by atoms with Crippen LogP contribution < -0.4 is 4.90 Å². The Morgan fingerprint density at radius 2 is 1.62 bits per heavy atom. The van der Waals surface area contributed by atoms with Gasteiger partial charge in [0, 0.05) is 24.8 Å². The predicted molar refractivity (Wildman–Crippen MR) is 88.9 cm³/mol. The quantitative estimate of drug-likeness (QED) is 0.762. The number of phenols is 1. The largest absolute Gasteiger partial charge is 0.508 e. The number of hydrogen-bond acceptors (Lipinski definition) is 2. The van der Waals surface area contributed by atoms with E-state index in [0.717, 1.165) is 22.0 Å². The van der Waals surface area contributed by atoms with Crippen LogP contribution in [0.1, 0.15) is 11.1 Å². The number of rotatable bonds is 3. The third kappa shape index (κ3) is 2.70. The zero-order chi connectivity index (χ0) is 14.8. The third-order valence-electron chi connectivity index (χ3n) is 3.89. The molecule has 0 saturated heterocycles. The lowest BCUT2D eigenvalue weighted by Crippen LogP contribution is -2.16. The second-order valence-corrected chi connectivity index (χ2v) is 5.48. The van der Waals surface area contributed by atoms with E-state index in [2.05, 4.69) is 48.2 Å². The fraction of sp³-hybridized carbons (Fsp3) is 0.158. The van der Waals surface area contributed by atoms with Crippen LogP contribution in [-0.2, 0) is 6.54 Å². The Morgan fingerprint density at radius 3 is 2.38 bits per heavy atom. The molecule has 0 amide bonds. The second-order valence-electron chi connectivity index (χ2n) is 5.48. The average molecular weight is 277 g/mol. The first-order valence-corrected chi connectivity index (χ1v) is 7.12. The SMILES string of the molecule is Cc1ccc(N(C)Cc2c(O)ccc3ccccc23)cc1. The molecule has 0 aromatic heterocycles. The van der Waals surface area contributed by atoms with Crippen LogP contribution in [0.15, 0.2) is 60.7 Å². The fourth-order valence-electron chi connectivity index (χ4n) is 2.62. The first kappa shape index (κ1) is 13.5. The number of fused-ring (bicyclic) bond motifs is 1. The van der Waals surface area contributed by atoms with Crippen molar-refractivity contribution in [2.45, 2.75) is 13.5 Å². The van der Waals surface area contributed by atoms with Crippen molar-refractivity contribution in [3.8, 4) is 5.75 Å². The highest BCUT2D eigenvalue weighted by Gasteiger charge is 2.10. The van der Waals surface area contributed by atoms with Gasteiger partial charge in [0.15, 0.2) is 0 Å². The van der Waals surface area contributed by atoms with E-state index < -0.39 is 0 Å². The zero-order valence-electron chi connectivity index (χ0n) is 12.4. The number of nitrogens with zero attached hydrogens (tertiary/aromatic N) is 1. The van der Waals surface area contributed by atoms with Crippen molar-refractivity contribution in [1.29, 1.82) is 0 Å². The van der Waals surface area contributed by atoms with Crippen LogP contribution in [0.4, 0.5) is 5.69 Å². The van der Waals surface area contributed by atoms with Gasteiger partial charge >= 0.3 is 0 Å². The van der Waals surface area contributed by atoms with E-state index in [4.69, 9.17) is 0 Å². The number of hydrogen-bond donors (Lipinski definition) is 1. The summed E-state index contributed by atoms with van der Waals surface area (Å²) in [5.74, 6) is 0.354. The summed E-state index contributed by atoms with van der Waals surface area (Å²) in [6.07, 6.45) is 0. The summed E-state index contributed by atoms with van der Waals surface area (Å²) in [5.41, 5.74) is 3.37. The fourth-order valence-corrected chi connectivity index (χ4v) is 2.62. The summed E-state index contributed by atoms with van der Waals surface area (Å²) in [5, 5.41) is 12.5. The molecule has 1 N–H and O–H groups in total. The van der Waals surface area contributed by atoms with Crippen molar-refractivity contribution in [2.24, 2.45) is 0 Å². The van der Waals surface area contributed by atoms with E-state index in [1.54, 1.807) is 6.07 Å². The van der Waals surface area contributed by atoms with Crippen molar-refractivity contribution in [1.82, 2.24) is 0 Å². The van der Waals surface area contributed by atoms with Gasteiger partial charge in [0.05, 0.1) is 0 Å². The molecular formula is C19H19NO. The van der Waals surface area contributed by atoms with Gasteiger partial charge in [-0.25, -0.2) is 0 Å². The summed E-state index contributed by atoms with van der Waals surface area (Å²) in [4.78, 5) is 2.15. The maximum atomic E-state index is 10.2. The van der Waals surface area contributed by atoms with Gasteiger partial charge in [0.2, 0.25) is 0 Å². The molecule has 3 aromatic rings. The lowest BCUT2D eigenvalue weighted by molar-refractivity contribution is 0.469. The molecule has 3 rings (SSSR count). The Morgan fingerprint density at radius 1 is 0.905 bits per heavy atom. The van der Waals surface area contributed by atoms with Gasteiger partial charge in [-0.2, -0.15) is 0 Å². The van der Waals surface area contributed by atoms with Gasteiger partial charge < -0.3 is 10.0 Å². The van der Waals surface area contributed by atoms with Crippen molar-refractivity contribution in [3.63, 3.8) is 0 Å². The molecule has 0 saturated carbocycles. The maximum Gasteiger partial charge on any atom is 0.121 e. The molecule has 0 aliphatic carbocycles. The Kier molecular flexibility index (Phi) is 3.53. The molecule has 0 heterocycles. The molecule has 0 radical (unpaired) electrons. The molecule has 2 heteroatoms. The number of aryl methyl sites for hydroxylation is 1. The third-order valence-corrected chi connectivity index (χ3v) is 3.89. The Balaban J connectivity index is 1.97. The van der Waals surface area contributed by atoms with E-state index in [-0.39, 0.29) is 0 Å². The molecule has 2 nitrogen and oxygen atoms in total. The van der Waals surface area contributed by atoms with Gasteiger partial charge in [0.25, 0.3) is 0 Å². The minimum Gasteiger partial charge on any atom is -0.508 e. The van der Waals surface area contributed by atoms with Crippen molar-refractivity contribution in [2.75, 3.05) is 11.9 Å². The lowest BCUT2D eigenvalue weighted by Gasteiger charge is -2.21. The Labute approximate surface area is 125 Å². The molecule has 0 fully saturated rings. The van der Waals surface area contributed by atoms with Crippen LogP contribution in [0, 0.1) is 6.92 Å². The molecule has 3 aromatic carbocycles. The molecule has 0 spiro atoms. The molecular weight excluding hydrogens is 258 g/mol. The van der Waals surface area contributed by atoms with Crippen LogP contribution >= 0.6 is 0 Å². The molecule has 106 valence electrons. The van der Waals surface area contributed by atoms with Gasteiger partial charge in [0.1, 0.15) is 5.75 Å². The molecule has 21 heavy (non-hydrogen) atoms. The van der Waals surface area contributed by atoms with Gasteiger partial charge in [-0.15, -0.1) is 0 Å². The highest BCUT2D eigenvalue weighted by Crippen LogP contribution is 2.29. The minimum absolute atomic E-state index is 0.354. The number of benzene rings is 3. The first-order chi connectivity index (χ1) is 10.1. The smallest absolute Gasteiger partial charge is 0.121 e. The molecule has 0 atom stereocenters. The van der Waals surface area contributed by atoms with E-state index in [1.165, 1.54) is 5.56 Å². The lowest BCUT2D eigenvalue weighted by atomic mass is 10.0. The van der Waals surface area contributed by atoms with Gasteiger partial charge in [-0.1, -0.05) is 48.0 Å². The van der Waals surface area contributed by atoms with Crippen LogP contribution in [0.3, 0.4) is 0 Å². The van der Waals surface area contributed by atoms with E-state index in [1.807, 2.05) is 25.2 Å². The molecule has 0 aliphatic heterocycles. The monoisotopic (exact) mass is 277 g/mol. The molecule has 0 unspecified atom stereocenters. The minimum atomic E-state index is 0.354. The highest BCUT2D eigenvalue weighted by atomic mass is 16.3. The van der Waals surface area contributed by atoms with E-state index >= 15 is 0 Å². The van der Waals surface area contributed by atoms with Crippen LogP contribution in [-0.4, -0.2) is 12.2 Å². The summed E-state index contributed by atoms with van der Waals surface area (Å²) in [7, 11) is 2.05. The molecule has 0 bridgehead atoms. The van der Waals surface area contributed by atoms with Crippen molar-refractivity contribution < 1.29 is 5.11 Å². The van der Waals surface area contributed by atoms with E-state index in [9.17, 15) is 5.11 Å². The van der Waals surface area contributed by atoms with Crippen molar-refractivity contribution in [3.05, 3.63) is 71.8 Å². The van der Waals surface area contributed by atoms with Crippen molar-refractivity contribution >= 4 is 16.5 Å². The topological polar surface area (TPSA) is 23.5 Å². The first-order valence-electron chi connectivity index (χ1n) is 7.12. The number of phenolic OH excluding ortho intramolecular Hbond substituents is 1. The van der Waals surface area contributed by atoms with Gasteiger partial charge in [-0.3, -0.25) is 0 Å². The number of aromatic hydroxyl groups is 1. The second kappa shape index (κ2) is 5.49. The predicted octanol–water partition coefficient (Wildman–Crippen LogP) is 4.49. The van der Waals surface area contributed by atoms with Crippen LogP contribution in [0.5, 0.6) is 5.75 Å². The normalized spacial score (nSPS) is 10.8. The maximum absolute atomic E-state index is 10.2. The average Bonchev–Trinajstić information content (AvgIpc) is 2.51. The Hall–Kier alpha value is -2.48. The number of anilines is 1. The van der Waals surface area contributed by atoms with E-state index in [0.29, 0.717) is 12.3 Å². The highest BCUT2D eigenvalue weighted by molar-refractivity contribution is 5.87. The summed E-state index contributed by atoms with van der Waals surface area (Å²) >= 11 is 0.